The van der Waals surface area contributed by atoms with Gasteiger partial charge in [-0.05, 0) is 24.8 Å². The van der Waals surface area contributed by atoms with Gasteiger partial charge in [0.2, 0.25) is 0 Å². The number of methoxy groups -OCH3 is 1. The van der Waals surface area contributed by atoms with Crippen molar-refractivity contribution in [3.63, 3.8) is 0 Å². The Balaban J connectivity index is 1.67. The maximum atomic E-state index is 12.9. The Hall–Kier alpha value is -2.45. The predicted octanol–water partition coefficient (Wildman–Crippen LogP) is 3.38. The van der Waals surface area contributed by atoms with Crippen molar-refractivity contribution in [3.8, 4) is 0 Å². The van der Waals surface area contributed by atoms with Crippen LogP contribution in [0.4, 0.5) is 0 Å². The van der Waals surface area contributed by atoms with E-state index in [1.54, 1.807) is 35.6 Å². The molecule has 1 aromatic carbocycles. The Kier molecular flexibility index (Phi) is 5.32. The molecule has 6 nitrogen and oxygen atoms in total. The number of aromatic nitrogens is 2. The number of thiophene rings is 1. The van der Waals surface area contributed by atoms with E-state index in [2.05, 4.69) is 9.97 Å². The third kappa shape index (κ3) is 3.62. The van der Waals surface area contributed by atoms with Crippen LogP contribution < -0.4 is 5.56 Å². The van der Waals surface area contributed by atoms with E-state index in [9.17, 15) is 14.4 Å². The van der Waals surface area contributed by atoms with Crippen LogP contribution in [-0.2, 0) is 22.4 Å². The van der Waals surface area contributed by atoms with Crippen LogP contribution in [0, 0.1) is 0 Å². The number of nitrogens with one attached hydrogen (secondary N) is 1. The number of carbonyl (C=O) groups is 2. The molecule has 0 saturated carbocycles. The molecule has 1 aliphatic rings. The molecule has 3 aromatic rings. The van der Waals surface area contributed by atoms with Crippen LogP contribution in [0.25, 0.3) is 10.2 Å². The van der Waals surface area contributed by atoms with Crippen molar-refractivity contribution in [2.75, 3.05) is 7.11 Å². The Morgan fingerprint density at radius 1 is 1.29 bits per heavy atom. The van der Waals surface area contributed by atoms with Gasteiger partial charge in [0.15, 0.2) is 10.9 Å². The summed E-state index contributed by atoms with van der Waals surface area (Å²) in [4.78, 5) is 46.7. The Morgan fingerprint density at radius 2 is 2.07 bits per heavy atom. The number of ether oxygens (including phenoxy) is 1. The van der Waals surface area contributed by atoms with Crippen molar-refractivity contribution in [2.45, 2.75) is 36.1 Å². The van der Waals surface area contributed by atoms with E-state index in [1.165, 1.54) is 12.0 Å². The van der Waals surface area contributed by atoms with E-state index in [4.69, 9.17) is 4.74 Å². The van der Waals surface area contributed by atoms with Crippen molar-refractivity contribution < 1.29 is 14.3 Å². The van der Waals surface area contributed by atoms with Crippen LogP contribution in [0.5, 0.6) is 0 Å². The van der Waals surface area contributed by atoms with Crippen LogP contribution in [0.1, 0.15) is 33.6 Å². The zero-order valence-electron chi connectivity index (χ0n) is 15.2. The number of ketones is 1. The molecule has 2 heterocycles. The minimum atomic E-state index is -0.734. The van der Waals surface area contributed by atoms with E-state index >= 15 is 0 Å². The molecule has 8 heteroatoms. The minimum Gasteiger partial charge on any atom is -0.469 e. The molecule has 0 bridgehead atoms. The van der Waals surface area contributed by atoms with E-state index in [0.717, 1.165) is 36.6 Å². The molecule has 1 aliphatic carbocycles. The minimum absolute atomic E-state index is 0.0996. The van der Waals surface area contributed by atoms with Gasteiger partial charge in [-0.3, -0.25) is 14.4 Å². The highest BCUT2D eigenvalue weighted by Crippen LogP contribution is 2.35. The Bertz CT molecular complexity index is 1100. The fourth-order valence-corrected chi connectivity index (χ4v) is 5.73. The van der Waals surface area contributed by atoms with E-state index in [0.29, 0.717) is 20.9 Å². The quantitative estimate of drug-likeness (QED) is 0.288. The average molecular weight is 415 g/mol. The van der Waals surface area contributed by atoms with Crippen LogP contribution in [0.15, 0.2) is 40.3 Å². The first-order chi connectivity index (χ1) is 13.6. The number of Topliss-reactive ketones (excluding diaryl/α,β-unsaturated/α-hetero) is 1. The lowest BCUT2D eigenvalue weighted by molar-refractivity contribution is -0.140. The second-order valence-electron chi connectivity index (χ2n) is 6.53. The zero-order valence-corrected chi connectivity index (χ0v) is 16.8. The number of H-pyrrole nitrogens is 1. The third-order valence-electron chi connectivity index (χ3n) is 4.74. The lowest BCUT2D eigenvalue weighted by Crippen LogP contribution is -2.23. The molecule has 4 rings (SSSR count). The molecule has 1 unspecified atom stereocenters. The molecule has 0 amide bonds. The number of aromatic amines is 1. The second kappa shape index (κ2) is 7.89. The Labute approximate surface area is 169 Å². The summed E-state index contributed by atoms with van der Waals surface area (Å²) in [7, 11) is 1.29. The van der Waals surface area contributed by atoms with Crippen LogP contribution in [-0.4, -0.2) is 34.1 Å². The van der Waals surface area contributed by atoms with Gasteiger partial charge in [-0.1, -0.05) is 42.1 Å². The highest BCUT2D eigenvalue weighted by molar-refractivity contribution is 8.00. The van der Waals surface area contributed by atoms with Crippen molar-refractivity contribution in [3.05, 3.63) is 56.7 Å². The topological polar surface area (TPSA) is 89.1 Å². The molecule has 28 heavy (non-hydrogen) atoms. The monoisotopic (exact) mass is 414 g/mol. The van der Waals surface area contributed by atoms with E-state index in [1.807, 2.05) is 6.07 Å². The van der Waals surface area contributed by atoms with Crippen molar-refractivity contribution in [1.29, 1.82) is 0 Å². The van der Waals surface area contributed by atoms with Gasteiger partial charge in [-0.2, -0.15) is 0 Å². The first-order valence-electron chi connectivity index (χ1n) is 8.94. The maximum absolute atomic E-state index is 12.9. The van der Waals surface area contributed by atoms with Gasteiger partial charge in [0.05, 0.1) is 24.2 Å². The SMILES string of the molecule is COC(=O)CC(Sc1nc2sc3c(c2c(=O)[nH]1)CCC3)C(=O)c1ccccc1. The van der Waals surface area contributed by atoms with Crippen LogP contribution in [0.3, 0.4) is 0 Å². The van der Waals surface area contributed by atoms with E-state index in [-0.39, 0.29) is 17.8 Å². The maximum Gasteiger partial charge on any atom is 0.307 e. The number of hydrogen-bond acceptors (Lipinski definition) is 7. The smallest absolute Gasteiger partial charge is 0.307 e. The van der Waals surface area contributed by atoms with Gasteiger partial charge in [0.25, 0.3) is 5.56 Å². The standard InChI is InChI=1S/C20H18N2O4S2/c1-26-15(23)10-14(17(24)11-6-3-2-4-7-11)28-20-21-18(25)16-12-8-5-9-13(12)27-19(16)22-20/h2-4,6-7,14H,5,8-10H2,1H3,(H,21,22,25). The number of aryl methyl sites for hydroxylation is 2. The molecule has 144 valence electrons. The number of fused-ring (bicyclic) bond motifs is 3. The number of rotatable bonds is 6. The largest absolute Gasteiger partial charge is 0.469 e. The summed E-state index contributed by atoms with van der Waals surface area (Å²) in [5.41, 5.74) is 1.43. The van der Waals surface area contributed by atoms with Gasteiger partial charge < -0.3 is 9.72 Å². The summed E-state index contributed by atoms with van der Waals surface area (Å²) in [5, 5.41) is 0.277. The lowest BCUT2D eigenvalue weighted by atomic mass is 10.1. The number of nitrogens with zero attached hydrogens (tertiary/aromatic N) is 1. The molecule has 2 aromatic heterocycles. The average Bonchev–Trinajstić information content (AvgIpc) is 3.28. The first-order valence-corrected chi connectivity index (χ1v) is 10.6. The first kappa shape index (κ1) is 18.9. The van der Waals surface area contributed by atoms with Gasteiger partial charge in [0.1, 0.15) is 4.83 Å². The normalized spacial score (nSPS) is 14.0. The molecule has 0 spiro atoms. The summed E-state index contributed by atoms with van der Waals surface area (Å²) in [6, 6.07) is 8.77. The Morgan fingerprint density at radius 3 is 2.82 bits per heavy atom. The fraction of sp³-hybridized carbons (Fsp3) is 0.300. The molecular formula is C20H18N2O4S2. The number of carbonyl (C=O) groups excluding carboxylic acids is 2. The van der Waals surface area contributed by atoms with Crippen molar-refractivity contribution in [2.24, 2.45) is 0 Å². The molecular weight excluding hydrogens is 396 g/mol. The van der Waals surface area contributed by atoms with Gasteiger partial charge in [-0.15, -0.1) is 11.3 Å². The second-order valence-corrected chi connectivity index (χ2v) is 8.80. The van der Waals surface area contributed by atoms with Crippen LogP contribution >= 0.6 is 23.1 Å². The predicted molar refractivity (Wildman–Crippen MR) is 109 cm³/mol. The molecule has 1 atom stereocenters. The van der Waals surface area contributed by atoms with Gasteiger partial charge in [0, 0.05) is 10.4 Å². The van der Waals surface area contributed by atoms with Crippen molar-refractivity contribution >= 4 is 45.1 Å². The highest BCUT2D eigenvalue weighted by atomic mass is 32.2. The third-order valence-corrected chi connectivity index (χ3v) is 7.01. The molecule has 0 radical (unpaired) electrons. The number of hydrogen-bond donors (Lipinski definition) is 1. The van der Waals surface area contributed by atoms with Gasteiger partial charge in [-0.25, -0.2) is 4.98 Å². The lowest BCUT2D eigenvalue weighted by Gasteiger charge is -2.14. The van der Waals surface area contributed by atoms with Crippen LogP contribution in [0.2, 0.25) is 0 Å². The number of thioether (sulfide) groups is 1. The van der Waals surface area contributed by atoms with E-state index < -0.39 is 11.2 Å². The zero-order chi connectivity index (χ0) is 19.7. The summed E-state index contributed by atoms with van der Waals surface area (Å²) in [6.45, 7) is 0. The van der Waals surface area contributed by atoms with Crippen molar-refractivity contribution in [1.82, 2.24) is 9.97 Å². The van der Waals surface area contributed by atoms with Gasteiger partial charge >= 0.3 is 5.97 Å². The summed E-state index contributed by atoms with van der Waals surface area (Å²) < 4.78 is 4.74. The molecule has 0 saturated heterocycles. The number of esters is 1. The fourth-order valence-electron chi connectivity index (χ4n) is 3.38. The molecule has 0 aliphatic heterocycles. The summed E-state index contributed by atoms with van der Waals surface area (Å²) >= 11 is 2.64. The number of benzene rings is 1. The molecule has 0 fully saturated rings. The summed E-state index contributed by atoms with van der Waals surface area (Å²) in [6.07, 6.45) is 2.86. The summed E-state index contributed by atoms with van der Waals surface area (Å²) in [5.74, 6) is -0.687. The highest BCUT2D eigenvalue weighted by Gasteiger charge is 2.27. The molecule has 1 N–H and O–H groups in total.